The van der Waals surface area contributed by atoms with Gasteiger partial charge >= 0.3 is 0 Å². The van der Waals surface area contributed by atoms with E-state index in [-0.39, 0.29) is 5.91 Å². The molecule has 1 aromatic heterocycles. The van der Waals surface area contributed by atoms with E-state index in [1.54, 1.807) is 25.6 Å². The summed E-state index contributed by atoms with van der Waals surface area (Å²) in [5.41, 5.74) is 3.34. The number of amides is 1. The minimum atomic E-state index is 0.167. The van der Waals surface area contributed by atoms with Gasteiger partial charge in [0.1, 0.15) is 10.0 Å². The zero-order valence-electron chi connectivity index (χ0n) is 19.3. The zero-order valence-corrected chi connectivity index (χ0v) is 20.1. The maximum atomic E-state index is 13.1. The monoisotopic (exact) mass is 465 g/mol. The van der Waals surface area contributed by atoms with Crippen molar-refractivity contribution in [2.24, 2.45) is 0 Å². The summed E-state index contributed by atoms with van der Waals surface area (Å²) in [6.07, 6.45) is 4.36. The molecule has 3 aromatic rings. The van der Waals surface area contributed by atoms with E-state index in [4.69, 9.17) is 14.5 Å². The minimum Gasteiger partial charge on any atom is -0.493 e. The first-order chi connectivity index (χ1) is 16.2. The van der Waals surface area contributed by atoms with E-state index >= 15 is 0 Å². The fourth-order valence-electron chi connectivity index (χ4n) is 4.05. The Morgan fingerprint density at radius 3 is 2.67 bits per heavy atom. The molecule has 0 atom stereocenters. The molecule has 2 aromatic carbocycles. The van der Waals surface area contributed by atoms with E-state index in [1.165, 1.54) is 5.56 Å². The van der Waals surface area contributed by atoms with Gasteiger partial charge in [0, 0.05) is 25.1 Å². The Hall–Kier alpha value is -2.90. The van der Waals surface area contributed by atoms with Crippen LogP contribution in [-0.4, -0.2) is 44.7 Å². The van der Waals surface area contributed by atoms with E-state index < -0.39 is 0 Å². The molecule has 174 valence electrons. The highest BCUT2D eigenvalue weighted by Crippen LogP contribution is 2.37. The number of methoxy groups -OCH3 is 2. The third kappa shape index (κ3) is 5.72. The van der Waals surface area contributed by atoms with Crippen LogP contribution in [0.2, 0.25) is 0 Å². The molecule has 2 heterocycles. The third-order valence-electron chi connectivity index (χ3n) is 5.84. The molecule has 0 saturated carbocycles. The maximum Gasteiger partial charge on any atom is 0.228 e. The van der Waals surface area contributed by atoms with Crippen molar-refractivity contribution >= 4 is 22.2 Å². The predicted molar refractivity (Wildman–Crippen MR) is 134 cm³/mol. The van der Waals surface area contributed by atoms with Gasteiger partial charge in [-0.05, 0) is 49.9 Å². The van der Waals surface area contributed by atoms with E-state index in [9.17, 15) is 4.79 Å². The van der Waals surface area contributed by atoms with Crippen LogP contribution in [0.5, 0.6) is 11.5 Å². The summed E-state index contributed by atoms with van der Waals surface area (Å²) in [5, 5.41) is 5.43. The van der Waals surface area contributed by atoms with Crippen molar-refractivity contribution in [3.8, 4) is 22.1 Å². The number of benzene rings is 2. The molecule has 33 heavy (non-hydrogen) atoms. The quantitative estimate of drug-likeness (QED) is 0.464. The molecule has 0 bridgehead atoms. The topological polar surface area (TPSA) is 63.7 Å². The summed E-state index contributed by atoms with van der Waals surface area (Å²) in [5.74, 6) is 1.64. The fourth-order valence-corrected chi connectivity index (χ4v) is 5.21. The van der Waals surface area contributed by atoms with Crippen LogP contribution in [0, 0.1) is 0 Å². The summed E-state index contributed by atoms with van der Waals surface area (Å²) in [7, 11) is 3.28. The second-order valence-electron chi connectivity index (χ2n) is 8.08. The van der Waals surface area contributed by atoms with Crippen LogP contribution in [-0.2, 0) is 17.6 Å². The van der Waals surface area contributed by atoms with Gasteiger partial charge in [0.25, 0.3) is 0 Å². The average molecular weight is 466 g/mol. The number of ether oxygens (including phenoxy) is 2. The summed E-state index contributed by atoms with van der Waals surface area (Å²) < 4.78 is 10.7. The standard InChI is InChI=1S/C26H31N3O3S/c1-31-22-12-11-19(18-23(22)32-2)13-15-27-16-14-24(30)29-17-7-6-10-21-26(29)33-25(28-21)20-8-4-3-5-9-20/h3-5,8-9,11-12,18,27H,6-7,10,13-17H2,1-2H3. The molecule has 0 unspecified atom stereocenters. The van der Waals surface area contributed by atoms with Crippen LogP contribution < -0.4 is 19.7 Å². The van der Waals surface area contributed by atoms with Gasteiger partial charge in [0.2, 0.25) is 5.91 Å². The fraction of sp³-hybridized carbons (Fsp3) is 0.385. The first-order valence-corrected chi connectivity index (χ1v) is 12.3. The number of aromatic nitrogens is 1. The number of anilines is 1. The van der Waals surface area contributed by atoms with Crippen LogP contribution in [0.3, 0.4) is 0 Å². The third-order valence-corrected chi connectivity index (χ3v) is 7.01. The van der Waals surface area contributed by atoms with Crippen LogP contribution in [0.4, 0.5) is 5.00 Å². The van der Waals surface area contributed by atoms with Gasteiger partial charge < -0.3 is 19.7 Å². The Balaban J connectivity index is 1.31. The molecule has 1 aliphatic rings. The highest BCUT2D eigenvalue weighted by Gasteiger charge is 2.25. The molecule has 1 aliphatic heterocycles. The number of hydrogen-bond acceptors (Lipinski definition) is 6. The second-order valence-corrected chi connectivity index (χ2v) is 9.06. The SMILES string of the molecule is COc1ccc(CCNCCC(=O)N2CCCCc3nc(-c4ccccc4)sc32)cc1OC. The van der Waals surface area contributed by atoms with E-state index in [0.29, 0.717) is 13.0 Å². The second kappa shape index (κ2) is 11.3. The van der Waals surface area contributed by atoms with Crippen molar-refractivity contribution in [2.75, 3.05) is 38.8 Å². The van der Waals surface area contributed by atoms with Crippen molar-refractivity contribution in [3.05, 3.63) is 59.8 Å². The lowest BCUT2D eigenvalue weighted by Gasteiger charge is -2.20. The zero-order chi connectivity index (χ0) is 23.0. The number of carbonyl (C=O) groups is 1. The van der Waals surface area contributed by atoms with Gasteiger partial charge in [-0.15, -0.1) is 0 Å². The first kappa shape index (κ1) is 23.3. The molecule has 0 spiro atoms. The molecule has 0 saturated heterocycles. The number of fused-ring (bicyclic) bond motifs is 1. The van der Waals surface area contributed by atoms with Crippen molar-refractivity contribution < 1.29 is 14.3 Å². The van der Waals surface area contributed by atoms with Crippen LogP contribution in [0.1, 0.15) is 30.5 Å². The Labute approximate surface area is 199 Å². The highest BCUT2D eigenvalue weighted by atomic mass is 32.1. The highest BCUT2D eigenvalue weighted by molar-refractivity contribution is 7.19. The van der Waals surface area contributed by atoms with Crippen LogP contribution in [0.25, 0.3) is 10.6 Å². The molecule has 0 radical (unpaired) electrons. The summed E-state index contributed by atoms with van der Waals surface area (Å²) >= 11 is 1.64. The first-order valence-electron chi connectivity index (χ1n) is 11.5. The van der Waals surface area contributed by atoms with Crippen molar-refractivity contribution in [2.45, 2.75) is 32.1 Å². The molecular weight excluding hydrogens is 434 g/mol. The van der Waals surface area contributed by atoms with Gasteiger partial charge in [0.05, 0.1) is 19.9 Å². The lowest BCUT2D eigenvalue weighted by atomic mass is 10.1. The van der Waals surface area contributed by atoms with Crippen LogP contribution in [0.15, 0.2) is 48.5 Å². The Morgan fingerprint density at radius 2 is 1.88 bits per heavy atom. The maximum absolute atomic E-state index is 13.1. The number of nitrogens with one attached hydrogen (secondary N) is 1. The number of nitrogens with zero attached hydrogens (tertiary/aromatic N) is 2. The van der Waals surface area contributed by atoms with Gasteiger partial charge in [-0.1, -0.05) is 47.7 Å². The number of carbonyl (C=O) groups excluding carboxylic acids is 1. The lowest BCUT2D eigenvalue weighted by Crippen LogP contribution is -2.33. The molecule has 1 amide bonds. The molecule has 7 heteroatoms. The smallest absolute Gasteiger partial charge is 0.228 e. The molecule has 0 fully saturated rings. The van der Waals surface area contributed by atoms with Gasteiger partial charge in [0.15, 0.2) is 11.5 Å². The summed E-state index contributed by atoms with van der Waals surface area (Å²) in [4.78, 5) is 19.9. The van der Waals surface area contributed by atoms with E-state index in [2.05, 4.69) is 17.4 Å². The Kier molecular flexibility index (Phi) is 7.96. The van der Waals surface area contributed by atoms with Crippen LogP contribution >= 0.6 is 11.3 Å². The number of hydrogen-bond donors (Lipinski definition) is 1. The summed E-state index contributed by atoms with van der Waals surface area (Å²) in [6, 6.07) is 16.2. The molecular formula is C26H31N3O3S. The van der Waals surface area contributed by atoms with Crippen molar-refractivity contribution in [3.63, 3.8) is 0 Å². The minimum absolute atomic E-state index is 0.167. The van der Waals surface area contributed by atoms with Gasteiger partial charge in [-0.2, -0.15) is 0 Å². The molecule has 1 N–H and O–H groups in total. The van der Waals surface area contributed by atoms with Crippen molar-refractivity contribution in [1.29, 1.82) is 0 Å². The Morgan fingerprint density at radius 1 is 1.06 bits per heavy atom. The van der Waals surface area contributed by atoms with Crippen molar-refractivity contribution in [1.82, 2.24) is 10.3 Å². The van der Waals surface area contributed by atoms with Gasteiger partial charge in [-0.3, -0.25) is 4.79 Å². The molecule has 4 rings (SSSR count). The molecule has 6 nitrogen and oxygen atoms in total. The Bertz CT molecular complexity index is 1070. The number of thiazole rings is 1. The summed E-state index contributed by atoms with van der Waals surface area (Å²) in [6.45, 7) is 2.23. The number of rotatable bonds is 9. The number of aryl methyl sites for hydroxylation is 1. The van der Waals surface area contributed by atoms with E-state index in [1.807, 2.05) is 41.3 Å². The average Bonchev–Trinajstić information content (AvgIpc) is 3.17. The normalized spacial score (nSPS) is 13.3. The molecule has 0 aliphatic carbocycles. The van der Waals surface area contributed by atoms with E-state index in [0.717, 1.165) is 71.5 Å². The van der Waals surface area contributed by atoms with Gasteiger partial charge in [-0.25, -0.2) is 4.98 Å². The largest absolute Gasteiger partial charge is 0.493 e. The predicted octanol–water partition coefficient (Wildman–Crippen LogP) is 4.72. The lowest BCUT2D eigenvalue weighted by molar-refractivity contribution is -0.118.